The van der Waals surface area contributed by atoms with Gasteiger partial charge in [-0.2, -0.15) is 0 Å². The molecule has 1 saturated heterocycles. The molecule has 1 unspecified atom stereocenters. The average Bonchev–Trinajstić information content (AvgIpc) is 3.37. The Bertz CT molecular complexity index is 1000. The number of anilines is 1. The SMILES string of the molecule is O=C(Cc1ccccc1)Nc1ccccc1C1CN2C(CN3CCNCC3)=CSC2=N1. The Hall–Kier alpha value is -2.61. The van der Waals surface area contributed by atoms with E-state index in [1.54, 1.807) is 11.8 Å². The van der Waals surface area contributed by atoms with Gasteiger partial charge in [-0.25, -0.2) is 0 Å². The van der Waals surface area contributed by atoms with Crippen molar-refractivity contribution in [2.45, 2.75) is 12.5 Å². The highest BCUT2D eigenvalue weighted by Gasteiger charge is 2.34. The van der Waals surface area contributed by atoms with Gasteiger partial charge in [0.1, 0.15) is 0 Å². The number of nitrogens with zero attached hydrogens (tertiary/aromatic N) is 3. The molecule has 0 aromatic heterocycles. The minimum Gasteiger partial charge on any atom is -0.325 e. The molecule has 0 spiro atoms. The molecule has 0 saturated carbocycles. The average molecular weight is 434 g/mol. The van der Waals surface area contributed by atoms with Gasteiger partial charge < -0.3 is 15.5 Å². The number of amides is 1. The van der Waals surface area contributed by atoms with Gasteiger partial charge in [0, 0.05) is 49.7 Å². The first-order chi connectivity index (χ1) is 15.3. The van der Waals surface area contributed by atoms with E-state index in [1.165, 1.54) is 5.70 Å². The van der Waals surface area contributed by atoms with Crippen molar-refractivity contribution in [3.63, 3.8) is 0 Å². The fourth-order valence-corrected chi connectivity index (χ4v) is 5.23. The fourth-order valence-electron chi connectivity index (χ4n) is 4.28. The third-order valence-corrected chi connectivity index (χ3v) is 6.82. The number of hydrogen-bond donors (Lipinski definition) is 2. The maximum absolute atomic E-state index is 12.6. The first kappa shape index (κ1) is 20.3. The second kappa shape index (κ2) is 9.26. The number of benzene rings is 2. The number of thioether (sulfide) groups is 1. The summed E-state index contributed by atoms with van der Waals surface area (Å²) in [6.07, 6.45) is 0.369. The highest BCUT2D eigenvalue weighted by Crippen LogP contribution is 2.39. The quantitative estimate of drug-likeness (QED) is 0.733. The van der Waals surface area contributed by atoms with E-state index in [0.29, 0.717) is 6.42 Å². The van der Waals surface area contributed by atoms with Gasteiger partial charge in [0.25, 0.3) is 0 Å². The Kier molecular flexibility index (Phi) is 6.06. The van der Waals surface area contributed by atoms with Gasteiger partial charge >= 0.3 is 0 Å². The van der Waals surface area contributed by atoms with Crippen molar-refractivity contribution in [1.29, 1.82) is 0 Å². The van der Waals surface area contributed by atoms with Crippen molar-refractivity contribution < 1.29 is 4.79 Å². The molecule has 7 heteroatoms. The zero-order chi connectivity index (χ0) is 21.0. The van der Waals surface area contributed by atoms with Crippen LogP contribution in [0.4, 0.5) is 5.69 Å². The van der Waals surface area contributed by atoms with Crippen LogP contribution in [0.15, 0.2) is 70.7 Å². The number of para-hydroxylation sites is 1. The van der Waals surface area contributed by atoms with E-state index in [2.05, 4.69) is 31.9 Å². The van der Waals surface area contributed by atoms with Crippen molar-refractivity contribution in [1.82, 2.24) is 15.1 Å². The van der Waals surface area contributed by atoms with Crippen molar-refractivity contribution in [3.05, 3.63) is 76.8 Å². The number of hydrogen-bond acceptors (Lipinski definition) is 6. The standard InChI is InChI=1S/C24H27N5OS/c30-23(14-18-6-2-1-3-7-18)26-21-9-5-4-8-20(21)22-16-29-19(17-31-24(29)27-22)15-28-12-10-25-11-13-28/h1-9,17,22,25H,10-16H2,(H,26,30). The van der Waals surface area contributed by atoms with E-state index in [9.17, 15) is 4.79 Å². The fraction of sp³-hybridized carbons (Fsp3) is 0.333. The third-order valence-electron chi connectivity index (χ3n) is 5.90. The number of carbonyl (C=O) groups excluding carboxylic acids is 1. The Morgan fingerprint density at radius 3 is 2.71 bits per heavy atom. The molecular weight excluding hydrogens is 406 g/mol. The first-order valence-electron chi connectivity index (χ1n) is 10.8. The molecule has 6 nitrogen and oxygen atoms in total. The maximum atomic E-state index is 12.6. The molecule has 0 aliphatic carbocycles. The maximum Gasteiger partial charge on any atom is 0.228 e. The highest BCUT2D eigenvalue weighted by atomic mass is 32.2. The van der Waals surface area contributed by atoms with Crippen LogP contribution in [0.5, 0.6) is 0 Å². The second-order valence-corrected chi connectivity index (χ2v) is 8.93. The Morgan fingerprint density at radius 2 is 1.87 bits per heavy atom. The molecule has 5 rings (SSSR count). The number of carbonyl (C=O) groups is 1. The lowest BCUT2D eigenvalue weighted by Crippen LogP contribution is -2.45. The van der Waals surface area contributed by atoms with E-state index in [4.69, 9.17) is 4.99 Å². The zero-order valence-electron chi connectivity index (χ0n) is 17.5. The lowest BCUT2D eigenvalue weighted by atomic mass is 10.0. The predicted molar refractivity (Wildman–Crippen MR) is 127 cm³/mol. The van der Waals surface area contributed by atoms with Gasteiger partial charge in [-0.3, -0.25) is 14.7 Å². The predicted octanol–water partition coefficient (Wildman–Crippen LogP) is 3.07. The van der Waals surface area contributed by atoms with Crippen LogP contribution in [0.3, 0.4) is 0 Å². The van der Waals surface area contributed by atoms with Crippen LogP contribution in [0, 0.1) is 0 Å². The molecular formula is C24H27N5OS. The summed E-state index contributed by atoms with van der Waals surface area (Å²) in [7, 11) is 0. The summed E-state index contributed by atoms with van der Waals surface area (Å²) in [5.74, 6) is -0.00142. The molecule has 3 aliphatic heterocycles. The van der Waals surface area contributed by atoms with Gasteiger partial charge in [0.2, 0.25) is 5.91 Å². The molecule has 2 N–H and O–H groups in total. The van der Waals surface area contributed by atoms with E-state index in [1.807, 2.05) is 48.5 Å². The van der Waals surface area contributed by atoms with Crippen molar-refractivity contribution >= 4 is 28.5 Å². The minimum absolute atomic E-state index is 0.00142. The summed E-state index contributed by atoms with van der Waals surface area (Å²) in [6, 6.07) is 17.9. The third kappa shape index (κ3) is 4.69. The number of amidine groups is 1. The summed E-state index contributed by atoms with van der Waals surface area (Å²) in [6.45, 7) is 6.08. The molecule has 160 valence electrons. The lowest BCUT2D eigenvalue weighted by Gasteiger charge is -2.29. The number of piperazine rings is 1. The molecule has 2 aromatic carbocycles. The van der Waals surface area contributed by atoms with Crippen LogP contribution >= 0.6 is 11.8 Å². The molecule has 1 fully saturated rings. The van der Waals surface area contributed by atoms with Gasteiger partial charge in [-0.05, 0) is 17.0 Å². The number of aliphatic imine (C=N–C) groups is 1. The normalized spacial score (nSPS) is 20.9. The Morgan fingerprint density at radius 1 is 1.10 bits per heavy atom. The second-order valence-electron chi connectivity index (χ2n) is 8.09. The van der Waals surface area contributed by atoms with E-state index >= 15 is 0 Å². The van der Waals surface area contributed by atoms with Crippen molar-refractivity contribution in [2.24, 2.45) is 4.99 Å². The summed E-state index contributed by atoms with van der Waals surface area (Å²) >= 11 is 1.71. The topological polar surface area (TPSA) is 60.0 Å². The van der Waals surface area contributed by atoms with Crippen molar-refractivity contribution in [3.8, 4) is 0 Å². The van der Waals surface area contributed by atoms with E-state index in [0.717, 1.165) is 61.3 Å². The zero-order valence-corrected chi connectivity index (χ0v) is 18.3. The summed E-state index contributed by atoms with van der Waals surface area (Å²) in [4.78, 5) is 22.5. The molecule has 0 radical (unpaired) electrons. The highest BCUT2D eigenvalue weighted by molar-refractivity contribution is 8.16. The Labute approximate surface area is 187 Å². The number of fused-ring (bicyclic) bond motifs is 1. The van der Waals surface area contributed by atoms with Crippen LogP contribution in [0.25, 0.3) is 0 Å². The first-order valence-corrected chi connectivity index (χ1v) is 11.7. The van der Waals surface area contributed by atoms with Gasteiger partial charge in [0.05, 0.1) is 19.0 Å². The molecule has 1 amide bonds. The molecule has 31 heavy (non-hydrogen) atoms. The van der Waals surface area contributed by atoms with Crippen LogP contribution in [-0.4, -0.2) is 60.1 Å². The molecule has 0 bridgehead atoms. The minimum atomic E-state index is -0.00142. The molecule has 2 aromatic rings. The molecule has 3 heterocycles. The number of nitrogens with one attached hydrogen (secondary N) is 2. The summed E-state index contributed by atoms with van der Waals surface area (Å²) in [5, 5.41) is 9.84. The van der Waals surface area contributed by atoms with Gasteiger partial charge in [0.15, 0.2) is 5.17 Å². The number of rotatable bonds is 6. The largest absolute Gasteiger partial charge is 0.325 e. The lowest BCUT2D eigenvalue weighted by molar-refractivity contribution is -0.115. The van der Waals surface area contributed by atoms with E-state index < -0.39 is 0 Å². The van der Waals surface area contributed by atoms with Gasteiger partial charge in [-0.1, -0.05) is 60.3 Å². The van der Waals surface area contributed by atoms with Crippen LogP contribution in [0.1, 0.15) is 17.2 Å². The van der Waals surface area contributed by atoms with Crippen LogP contribution in [-0.2, 0) is 11.2 Å². The monoisotopic (exact) mass is 433 g/mol. The van der Waals surface area contributed by atoms with E-state index in [-0.39, 0.29) is 11.9 Å². The summed E-state index contributed by atoms with van der Waals surface area (Å²) < 4.78 is 0. The molecule has 3 aliphatic rings. The summed E-state index contributed by atoms with van der Waals surface area (Å²) in [5.41, 5.74) is 4.28. The van der Waals surface area contributed by atoms with Crippen molar-refractivity contribution in [2.75, 3.05) is 44.6 Å². The molecule has 1 atom stereocenters. The smallest absolute Gasteiger partial charge is 0.228 e. The van der Waals surface area contributed by atoms with Crippen LogP contribution < -0.4 is 10.6 Å². The Balaban J connectivity index is 1.26. The van der Waals surface area contributed by atoms with Gasteiger partial charge in [-0.15, -0.1) is 0 Å². The van der Waals surface area contributed by atoms with Crippen LogP contribution in [0.2, 0.25) is 0 Å².